The van der Waals surface area contributed by atoms with Crippen molar-refractivity contribution in [3.05, 3.63) is 64.1 Å². The molecule has 0 fully saturated rings. The normalized spacial score (nSPS) is 11.2. The van der Waals surface area contributed by atoms with Gasteiger partial charge in [0.05, 0.1) is 17.2 Å². The van der Waals surface area contributed by atoms with E-state index < -0.39 is 18.0 Å². The molecule has 0 aliphatic carbocycles. The number of anilines is 1. The van der Waals surface area contributed by atoms with Crippen LogP contribution in [0.15, 0.2) is 53.0 Å². The molecule has 2 rings (SSSR count). The van der Waals surface area contributed by atoms with E-state index >= 15 is 0 Å². The van der Waals surface area contributed by atoms with Crippen molar-refractivity contribution < 1.29 is 14.3 Å². The molecule has 23 heavy (non-hydrogen) atoms. The lowest BCUT2D eigenvalue weighted by Gasteiger charge is -2.14. The van der Waals surface area contributed by atoms with Crippen LogP contribution in [0.2, 0.25) is 0 Å². The highest BCUT2D eigenvalue weighted by atomic mass is 79.9. The Hall–Kier alpha value is -2.65. The zero-order chi connectivity index (χ0) is 16.8. The first-order valence-corrected chi connectivity index (χ1v) is 7.57. The second-order valence-corrected chi connectivity index (χ2v) is 5.56. The van der Waals surface area contributed by atoms with Crippen molar-refractivity contribution in [3.8, 4) is 6.07 Å². The molecular weight excluding hydrogens is 360 g/mol. The minimum Gasteiger partial charge on any atom is -0.449 e. The average Bonchev–Trinajstić information content (AvgIpc) is 2.55. The Labute approximate surface area is 142 Å². The van der Waals surface area contributed by atoms with Crippen molar-refractivity contribution in [2.75, 3.05) is 5.32 Å². The molecule has 0 aromatic heterocycles. The Bertz CT molecular complexity index is 783. The highest BCUT2D eigenvalue weighted by Crippen LogP contribution is 2.18. The number of carbonyl (C=O) groups is 2. The number of nitrogens with one attached hydrogen (secondary N) is 1. The van der Waals surface area contributed by atoms with Gasteiger partial charge < -0.3 is 10.1 Å². The van der Waals surface area contributed by atoms with E-state index in [1.807, 2.05) is 6.07 Å². The van der Waals surface area contributed by atoms with Gasteiger partial charge in [-0.25, -0.2) is 4.79 Å². The first-order chi connectivity index (χ1) is 11.0. The second kappa shape index (κ2) is 7.56. The first-order valence-electron chi connectivity index (χ1n) is 6.78. The molecule has 0 radical (unpaired) electrons. The number of carbonyl (C=O) groups excluding carboxylic acids is 2. The minimum atomic E-state index is -0.972. The molecule has 2 aromatic rings. The molecule has 2 aromatic carbocycles. The van der Waals surface area contributed by atoms with Crippen molar-refractivity contribution in [1.29, 1.82) is 5.26 Å². The maximum absolute atomic E-state index is 12.1. The third-order valence-corrected chi connectivity index (χ3v) is 3.70. The predicted octanol–water partition coefficient (Wildman–Crippen LogP) is 3.50. The van der Waals surface area contributed by atoms with Gasteiger partial charge in [0.15, 0.2) is 6.10 Å². The molecule has 0 saturated carbocycles. The molecular formula is C17H13BrN2O3. The summed E-state index contributed by atoms with van der Waals surface area (Å²) >= 11 is 3.26. The van der Waals surface area contributed by atoms with E-state index in [1.165, 1.54) is 6.92 Å². The standard InChI is InChI=1S/C17H13BrN2O3/c1-11(23-17(22)14-7-2-3-8-15(14)18)16(21)20-13-6-4-5-12(9-13)10-19/h2-9,11H,1H3,(H,20,21)/t11-/m0/s1. The van der Waals surface area contributed by atoms with Crippen LogP contribution in [0.5, 0.6) is 0 Å². The average molecular weight is 373 g/mol. The van der Waals surface area contributed by atoms with Crippen molar-refractivity contribution in [3.63, 3.8) is 0 Å². The van der Waals surface area contributed by atoms with Crippen LogP contribution in [0.4, 0.5) is 5.69 Å². The molecule has 116 valence electrons. The summed E-state index contributed by atoms with van der Waals surface area (Å²) in [6, 6.07) is 15.3. The van der Waals surface area contributed by atoms with Crippen LogP contribution in [-0.2, 0) is 9.53 Å². The highest BCUT2D eigenvalue weighted by Gasteiger charge is 2.20. The van der Waals surface area contributed by atoms with Gasteiger partial charge in [-0.2, -0.15) is 5.26 Å². The summed E-state index contributed by atoms with van der Waals surface area (Å²) in [5.74, 6) is -1.06. The Morgan fingerprint density at radius 3 is 2.65 bits per heavy atom. The second-order valence-electron chi connectivity index (χ2n) is 4.71. The molecule has 6 heteroatoms. The fraction of sp³-hybridized carbons (Fsp3) is 0.118. The zero-order valence-electron chi connectivity index (χ0n) is 12.2. The van der Waals surface area contributed by atoms with Gasteiger partial charge in [0.25, 0.3) is 5.91 Å². The number of amides is 1. The molecule has 1 atom stereocenters. The summed E-state index contributed by atoms with van der Waals surface area (Å²) in [5, 5.41) is 11.4. The number of nitriles is 1. The van der Waals surface area contributed by atoms with Crippen LogP contribution < -0.4 is 5.32 Å². The summed E-state index contributed by atoms with van der Waals surface area (Å²) in [6.45, 7) is 1.48. The number of nitrogens with zero attached hydrogens (tertiary/aromatic N) is 1. The van der Waals surface area contributed by atoms with Crippen LogP contribution in [0, 0.1) is 11.3 Å². The number of halogens is 1. The van der Waals surface area contributed by atoms with Crippen molar-refractivity contribution in [2.24, 2.45) is 0 Å². The van der Waals surface area contributed by atoms with Gasteiger partial charge in [-0.1, -0.05) is 18.2 Å². The van der Waals surface area contributed by atoms with E-state index in [0.29, 0.717) is 21.3 Å². The van der Waals surface area contributed by atoms with Gasteiger partial charge in [-0.05, 0) is 53.2 Å². The minimum absolute atomic E-state index is 0.346. The van der Waals surface area contributed by atoms with Crippen molar-refractivity contribution in [2.45, 2.75) is 13.0 Å². The SMILES string of the molecule is C[C@H](OC(=O)c1ccccc1Br)C(=O)Nc1cccc(C#N)c1. The Morgan fingerprint density at radius 2 is 1.96 bits per heavy atom. The van der Waals surface area contributed by atoms with E-state index in [0.717, 1.165) is 0 Å². The molecule has 0 heterocycles. The van der Waals surface area contributed by atoms with E-state index in [9.17, 15) is 9.59 Å². The van der Waals surface area contributed by atoms with E-state index in [4.69, 9.17) is 10.00 Å². The molecule has 1 N–H and O–H groups in total. The first kappa shape index (κ1) is 16.7. The van der Waals surface area contributed by atoms with Gasteiger partial charge in [0, 0.05) is 10.2 Å². The molecule has 0 unspecified atom stereocenters. The molecule has 0 aliphatic heterocycles. The number of rotatable bonds is 4. The maximum atomic E-state index is 12.1. The third-order valence-electron chi connectivity index (χ3n) is 3.01. The molecule has 1 amide bonds. The summed E-state index contributed by atoms with van der Waals surface area (Å²) in [7, 11) is 0. The van der Waals surface area contributed by atoms with Gasteiger partial charge in [-0.3, -0.25) is 4.79 Å². The number of hydrogen-bond acceptors (Lipinski definition) is 4. The Balaban J connectivity index is 2.01. The lowest BCUT2D eigenvalue weighted by Crippen LogP contribution is -2.30. The highest BCUT2D eigenvalue weighted by molar-refractivity contribution is 9.10. The molecule has 0 spiro atoms. The maximum Gasteiger partial charge on any atom is 0.340 e. The number of esters is 1. The number of benzene rings is 2. The fourth-order valence-electron chi connectivity index (χ4n) is 1.81. The Morgan fingerprint density at radius 1 is 1.22 bits per heavy atom. The summed E-state index contributed by atoms with van der Waals surface area (Å²) in [4.78, 5) is 24.1. The molecule has 5 nitrogen and oxygen atoms in total. The summed E-state index contributed by atoms with van der Waals surface area (Å²) in [5.41, 5.74) is 1.25. The summed E-state index contributed by atoms with van der Waals surface area (Å²) < 4.78 is 5.76. The van der Waals surface area contributed by atoms with Crippen LogP contribution in [-0.4, -0.2) is 18.0 Å². The van der Waals surface area contributed by atoms with E-state index in [-0.39, 0.29) is 0 Å². The number of hydrogen-bond donors (Lipinski definition) is 1. The van der Waals surface area contributed by atoms with Gasteiger partial charge in [0.2, 0.25) is 0 Å². The van der Waals surface area contributed by atoms with Crippen molar-refractivity contribution in [1.82, 2.24) is 0 Å². The summed E-state index contributed by atoms with van der Waals surface area (Å²) in [6.07, 6.45) is -0.972. The van der Waals surface area contributed by atoms with Gasteiger partial charge in [-0.15, -0.1) is 0 Å². The topological polar surface area (TPSA) is 79.2 Å². The molecule has 0 aliphatic rings. The predicted molar refractivity (Wildman–Crippen MR) is 88.8 cm³/mol. The van der Waals surface area contributed by atoms with Crippen LogP contribution >= 0.6 is 15.9 Å². The number of ether oxygens (including phenoxy) is 1. The van der Waals surface area contributed by atoms with Crippen molar-refractivity contribution >= 4 is 33.5 Å². The molecule has 0 saturated heterocycles. The lowest BCUT2D eigenvalue weighted by molar-refractivity contribution is -0.123. The van der Waals surface area contributed by atoms with Crippen LogP contribution in [0.1, 0.15) is 22.8 Å². The fourth-order valence-corrected chi connectivity index (χ4v) is 2.26. The smallest absolute Gasteiger partial charge is 0.340 e. The largest absolute Gasteiger partial charge is 0.449 e. The zero-order valence-corrected chi connectivity index (χ0v) is 13.8. The quantitative estimate of drug-likeness (QED) is 0.832. The van der Waals surface area contributed by atoms with Crippen LogP contribution in [0.25, 0.3) is 0 Å². The third kappa shape index (κ3) is 4.41. The lowest BCUT2D eigenvalue weighted by atomic mass is 10.2. The van der Waals surface area contributed by atoms with Crippen LogP contribution in [0.3, 0.4) is 0 Å². The van der Waals surface area contributed by atoms with Gasteiger partial charge in [0.1, 0.15) is 0 Å². The van der Waals surface area contributed by atoms with Gasteiger partial charge >= 0.3 is 5.97 Å². The Kier molecular flexibility index (Phi) is 5.50. The van der Waals surface area contributed by atoms with E-state index in [2.05, 4.69) is 21.2 Å². The monoisotopic (exact) mass is 372 g/mol. The van der Waals surface area contributed by atoms with E-state index in [1.54, 1.807) is 48.5 Å². The molecule has 0 bridgehead atoms.